The van der Waals surface area contributed by atoms with Crippen LogP contribution in [0.5, 0.6) is 0 Å². The summed E-state index contributed by atoms with van der Waals surface area (Å²) in [7, 11) is -1.87. The summed E-state index contributed by atoms with van der Waals surface area (Å²) >= 11 is 0. The summed E-state index contributed by atoms with van der Waals surface area (Å²) in [5.74, 6) is 0. The van der Waals surface area contributed by atoms with Gasteiger partial charge in [0.2, 0.25) is 15.0 Å². The molecule has 0 spiro atoms. The van der Waals surface area contributed by atoms with Crippen molar-refractivity contribution in [1.82, 2.24) is 25.0 Å². The van der Waals surface area contributed by atoms with Gasteiger partial charge in [0, 0.05) is 26.2 Å². The van der Waals surface area contributed by atoms with Crippen molar-refractivity contribution >= 4 is 15.9 Å². The van der Waals surface area contributed by atoms with Gasteiger partial charge in [-0.2, -0.15) is 0 Å². The van der Waals surface area contributed by atoms with Crippen LogP contribution >= 0.6 is 0 Å². The number of carbonyl (C=O) groups is 1. The van der Waals surface area contributed by atoms with Gasteiger partial charge in [0.1, 0.15) is 6.33 Å². The van der Waals surface area contributed by atoms with E-state index in [9.17, 15) is 13.2 Å². The zero-order valence-corrected chi connectivity index (χ0v) is 14.8. The summed E-state index contributed by atoms with van der Waals surface area (Å²) in [5.41, 5.74) is 0. The van der Waals surface area contributed by atoms with E-state index >= 15 is 0 Å². The highest BCUT2D eigenvalue weighted by Crippen LogP contribution is 2.23. The Morgan fingerprint density at radius 2 is 1.83 bits per heavy atom. The molecule has 1 saturated carbocycles. The molecule has 1 N–H and O–H groups in total. The minimum absolute atomic E-state index is 0.00704. The Kier molecular flexibility index (Phi) is 5.07. The highest BCUT2D eigenvalue weighted by molar-refractivity contribution is 7.91. The average molecular weight is 355 g/mol. The predicted octanol–water partition coefficient (Wildman–Crippen LogP) is 1.10. The van der Waals surface area contributed by atoms with Crippen LogP contribution in [0.2, 0.25) is 0 Å². The van der Waals surface area contributed by atoms with Gasteiger partial charge in [-0.3, -0.25) is 0 Å². The summed E-state index contributed by atoms with van der Waals surface area (Å²) < 4.78 is 26.7. The lowest BCUT2D eigenvalue weighted by Crippen LogP contribution is -2.50. The molecule has 134 valence electrons. The number of amides is 2. The van der Waals surface area contributed by atoms with E-state index in [2.05, 4.69) is 15.5 Å². The van der Waals surface area contributed by atoms with E-state index in [0.29, 0.717) is 25.9 Å². The number of rotatable bonds is 3. The van der Waals surface area contributed by atoms with Gasteiger partial charge in [0.05, 0.1) is 5.25 Å². The van der Waals surface area contributed by atoms with E-state index in [0.717, 1.165) is 12.8 Å². The summed E-state index contributed by atoms with van der Waals surface area (Å²) in [6.07, 6.45) is 7.94. The molecule has 0 aromatic carbocycles. The Morgan fingerprint density at radius 1 is 1.17 bits per heavy atom. The van der Waals surface area contributed by atoms with Crippen molar-refractivity contribution in [3.63, 3.8) is 0 Å². The minimum atomic E-state index is -3.49. The smallest absolute Gasteiger partial charge is 0.317 e. The highest BCUT2D eigenvalue weighted by atomic mass is 32.2. The van der Waals surface area contributed by atoms with Gasteiger partial charge in [0.15, 0.2) is 0 Å². The molecule has 2 amide bonds. The second kappa shape index (κ2) is 7.08. The Hall–Kier alpha value is -1.64. The SMILES string of the molecule is Cn1cnnc1S(=O)(=O)C1CCN(C(=O)NC2CCCCC2)CC1. The number of likely N-dealkylation sites (tertiary alicyclic amines) is 1. The van der Waals surface area contributed by atoms with E-state index in [1.807, 2.05) is 0 Å². The Morgan fingerprint density at radius 3 is 2.42 bits per heavy atom. The topological polar surface area (TPSA) is 97.2 Å². The zero-order valence-electron chi connectivity index (χ0n) is 14.0. The van der Waals surface area contributed by atoms with Crippen LogP contribution in [0.25, 0.3) is 0 Å². The lowest BCUT2D eigenvalue weighted by molar-refractivity contribution is 0.179. The fourth-order valence-electron chi connectivity index (χ4n) is 3.56. The molecule has 2 heterocycles. The van der Waals surface area contributed by atoms with Crippen LogP contribution in [-0.2, 0) is 16.9 Å². The second-order valence-corrected chi connectivity index (χ2v) is 8.86. The second-order valence-electron chi connectivity index (χ2n) is 6.74. The number of nitrogens with one attached hydrogen (secondary N) is 1. The van der Waals surface area contributed by atoms with Crippen LogP contribution in [0.1, 0.15) is 44.9 Å². The Bertz CT molecular complexity index is 673. The summed E-state index contributed by atoms with van der Waals surface area (Å²) in [6.45, 7) is 0.917. The molecule has 2 fully saturated rings. The maximum Gasteiger partial charge on any atom is 0.317 e. The molecular formula is C15H25N5O3S. The zero-order chi connectivity index (χ0) is 17.2. The van der Waals surface area contributed by atoms with Crippen LogP contribution in [0.4, 0.5) is 4.79 Å². The quantitative estimate of drug-likeness (QED) is 0.875. The van der Waals surface area contributed by atoms with Crippen molar-refractivity contribution in [3.05, 3.63) is 6.33 Å². The highest BCUT2D eigenvalue weighted by Gasteiger charge is 2.35. The van der Waals surface area contributed by atoms with Crippen molar-refractivity contribution < 1.29 is 13.2 Å². The molecule has 1 aromatic heterocycles. The van der Waals surface area contributed by atoms with Gasteiger partial charge in [-0.1, -0.05) is 19.3 Å². The standard InChI is InChI=1S/C15H25N5O3S/c1-19-11-16-18-15(19)24(22,23)13-7-9-20(10-8-13)14(21)17-12-5-3-2-4-6-12/h11-13H,2-10H2,1H3,(H,17,21). The lowest BCUT2D eigenvalue weighted by atomic mass is 9.96. The molecule has 24 heavy (non-hydrogen) atoms. The summed E-state index contributed by atoms with van der Waals surface area (Å²) in [5, 5.41) is 9.97. The molecule has 8 nitrogen and oxygen atoms in total. The van der Waals surface area contributed by atoms with Gasteiger partial charge in [-0.05, 0) is 25.7 Å². The van der Waals surface area contributed by atoms with E-state index in [-0.39, 0.29) is 17.2 Å². The molecule has 9 heteroatoms. The van der Waals surface area contributed by atoms with Crippen LogP contribution in [0, 0.1) is 0 Å². The molecule has 1 saturated heterocycles. The van der Waals surface area contributed by atoms with Crippen molar-refractivity contribution in [3.8, 4) is 0 Å². The van der Waals surface area contributed by atoms with Crippen LogP contribution < -0.4 is 5.32 Å². The third kappa shape index (κ3) is 3.55. The van der Waals surface area contributed by atoms with Gasteiger partial charge in [-0.25, -0.2) is 13.2 Å². The molecule has 0 atom stereocenters. The monoisotopic (exact) mass is 355 g/mol. The first-order valence-corrected chi connectivity index (χ1v) is 10.2. The van der Waals surface area contributed by atoms with Gasteiger partial charge >= 0.3 is 6.03 Å². The number of hydrogen-bond acceptors (Lipinski definition) is 5. The number of piperidine rings is 1. The van der Waals surface area contributed by atoms with Crippen molar-refractivity contribution in [1.29, 1.82) is 0 Å². The number of hydrogen-bond donors (Lipinski definition) is 1. The first kappa shape index (κ1) is 17.2. The fraction of sp³-hybridized carbons (Fsp3) is 0.800. The Balaban J connectivity index is 1.55. The van der Waals surface area contributed by atoms with Gasteiger partial charge in [-0.15, -0.1) is 10.2 Å². The molecular weight excluding hydrogens is 330 g/mol. The third-order valence-electron chi connectivity index (χ3n) is 5.03. The van der Waals surface area contributed by atoms with Gasteiger partial charge < -0.3 is 14.8 Å². The van der Waals surface area contributed by atoms with Gasteiger partial charge in [0.25, 0.3) is 0 Å². The molecule has 1 aromatic rings. The number of urea groups is 1. The largest absolute Gasteiger partial charge is 0.335 e. The summed E-state index contributed by atoms with van der Waals surface area (Å²) in [4.78, 5) is 14.1. The van der Waals surface area contributed by atoms with Crippen LogP contribution in [-0.4, -0.2) is 58.5 Å². The fourth-order valence-corrected chi connectivity index (χ4v) is 5.30. The number of aryl methyl sites for hydroxylation is 1. The molecule has 1 aliphatic heterocycles. The number of nitrogens with zero attached hydrogens (tertiary/aromatic N) is 4. The van der Waals surface area contributed by atoms with E-state index in [1.165, 1.54) is 30.2 Å². The molecule has 0 bridgehead atoms. The van der Waals surface area contributed by atoms with Crippen LogP contribution in [0.3, 0.4) is 0 Å². The van der Waals surface area contributed by atoms with Crippen molar-refractivity contribution in [2.75, 3.05) is 13.1 Å². The van der Waals surface area contributed by atoms with Crippen LogP contribution in [0.15, 0.2) is 11.5 Å². The normalized spacial score (nSPS) is 21.0. The van der Waals surface area contributed by atoms with Crippen molar-refractivity contribution in [2.24, 2.45) is 7.05 Å². The molecule has 3 rings (SSSR count). The number of aromatic nitrogens is 3. The van der Waals surface area contributed by atoms with E-state index in [4.69, 9.17) is 0 Å². The van der Waals surface area contributed by atoms with Crippen molar-refractivity contribution in [2.45, 2.75) is 61.4 Å². The Labute approximate surface area is 142 Å². The third-order valence-corrected chi connectivity index (χ3v) is 7.25. The minimum Gasteiger partial charge on any atom is -0.335 e. The first-order chi connectivity index (χ1) is 11.5. The maximum absolute atomic E-state index is 12.6. The first-order valence-electron chi connectivity index (χ1n) is 8.62. The molecule has 0 radical (unpaired) electrons. The van der Waals surface area contributed by atoms with E-state index < -0.39 is 15.1 Å². The molecule has 2 aliphatic rings. The molecule has 1 aliphatic carbocycles. The average Bonchev–Trinajstić information content (AvgIpc) is 3.03. The number of sulfone groups is 1. The predicted molar refractivity (Wildman–Crippen MR) is 88.2 cm³/mol. The lowest BCUT2D eigenvalue weighted by Gasteiger charge is -2.33. The van der Waals surface area contributed by atoms with E-state index in [1.54, 1.807) is 11.9 Å². The summed E-state index contributed by atoms with van der Waals surface area (Å²) in [6, 6.07) is 0.211. The molecule has 0 unspecified atom stereocenters. The number of carbonyl (C=O) groups excluding carboxylic acids is 1. The maximum atomic E-state index is 12.6.